The monoisotopic (exact) mass is 269 g/mol. The van der Waals surface area contributed by atoms with E-state index in [1.54, 1.807) is 0 Å². The fourth-order valence-electron chi connectivity index (χ4n) is 2.84. The minimum Gasteiger partial charge on any atom is -0.368 e. The van der Waals surface area contributed by atoms with Crippen molar-refractivity contribution in [3.8, 4) is 0 Å². The maximum Gasteiger partial charge on any atom is 0.249 e. The quantitative estimate of drug-likeness (QED) is 0.902. The molecule has 2 aromatic rings. The van der Waals surface area contributed by atoms with Gasteiger partial charge in [-0.05, 0) is 24.6 Å². The summed E-state index contributed by atoms with van der Waals surface area (Å²) in [6, 6.07) is 11.9. The average molecular weight is 269 g/mol. The van der Waals surface area contributed by atoms with Gasteiger partial charge in [-0.25, -0.2) is 0 Å². The Balaban J connectivity index is 2.13. The summed E-state index contributed by atoms with van der Waals surface area (Å²) in [5, 5.41) is 2.05. The molecule has 1 aliphatic rings. The normalized spacial score (nSPS) is 16.6. The van der Waals surface area contributed by atoms with Gasteiger partial charge >= 0.3 is 0 Å². The molecule has 104 valence electrons. The van der Waals surface area contributed by atoms with Crippen molar-refractivity contribution < 1.29 is 4.79 Å². The van der Waals surface area contributed by atoms with Crippen molar-refractivity contribution in [1.29, 1.82) is 0 Å². The zero-order valence-electron chi connectivity index (χ0n) is 11.7. The lowest BCUT2D eigenvalue weighted by molar-refractivity contribution is 0.100. The van der Waals surface area contributed by atoms with Crippen LogP contribution in [0.4, 0.5) is 5.69 Å². The third-order valence-corrected chi connectivity index (χ3v) is 3.99. The summed E-state index contributed by atoms with van der Waals surface area (Å²) in [7, 11) is 2.13. The first kappa shape index (κ1) is 12.9. The summed E-state index contributed by atoms with van der Waals surface area (Å²) in [6.07, 6.45) is 0. The van der Waals surface area contributed by atoms with Gasteiger partial charge in [0, 0.05) is 42.8 Å². The van der Waals surface area contributed by atoms with Crippen LogP contribution in [-0.2, 0) is 0 Å². The Morgan fingerprint density at radius 3 is 2.35 bits per heavy atom. The first-order valence-electron chi connectivity index (χ1n) is 6.92. The van der Waals surface area contributed by atoms with E-state index >= 15 is 0 Å². The molecule has 20 heavy (non-hydrogen) atoms. The molecule has 1 fully saturated rings. The molecular weight excluding hydrogens is 250 g/mol. The van der Waals surface area contributed by atoms with E-state index in [1.807, 2.05) is 30.3 Å². The topological polar surface area (TPSA) is 49.6 Å². The average Bonchev–Trinajstić information content (AvgIpc) is 2.47. The number of carbonyl (C=O) groups excluding carboxylic acids is 1. The molecular formula is C16H19N3O. The Hall–Kier alpha value is -2.07. The molecule has 0 atom stereocenters. The van der Waals surface area contributed by atoms with Crippen molar-refractivity contribution in [2.75, 3.05) is 38.1 Å². The minimum absolute atomic E-state index is 0.364. The summed E-state index contributed by atoms with van der Waals surface area (Å²) >= 11 is 0. The van der Waals surface area contributed by atoms with Crippen LogP contribution in [0.5, 0.6) is 0 Å². The van der Waals surface area contributed by atoms with E-state index in [9.17, 15) is 4.79 Å². The molecule has 0 aliphatic carbocycles. The zero-order valence-corrected chi connectivity index (χ0v) is 11.7. The van der Waals surface area contributed by atoms with Crippen molar-refractivity contribution in [2.24, 2.45) is 5.73 Å². The van der Waals surface area contributed by atoms with Crippen LogP contribution in [0.2, 0.25) is 0 Å². The van der Waals surface area contributed by atoms with E-state index in [-0.39, 0.29) is 5.91 Å². The molecule has 1 amide bonds. The van der Waals surface area contributed by atoms with E-state index in [1.165, 1.54) is 0 Å². The second-order valence-corrected chi connectivity index (χ2v) is 5.34. The van der Waals surface area contributed by atoms with Gasteiger partial charge < -0.3 is 15.5 Å². The largest absolute Gasteiger partial charge is 0.368 e. The first-order valence-corrected chi connectivity index (χ1v) is 6.92. The van der Waals surface area contributed by atoms with E-state index in [0.29, 0.717) is 5.56 Å². The Morgan fingerprint density at radius 1 is 1.05 bits per heavy atom. The summed E-state index contributed by atoms with van der Waals surface area (Å²) in [4.78, 5) is 16.4. The van der Waals surface area contributed by atoms with Gasteiger partial charge in [-0.15, -0.1) is 0 Å². The number of anilines is 1. The highest BCUT2D eigenvalue weighted by atomic mass is 16.1. The molecule has 3 rings (SSSR count). The van der Waals surface area contributed by atoms with E-state index < -0.39 is 0 Å². The molecule has 2 N–H and O–H groups in total. The molecule has 0 radical (unpaired) electrons. The van der Waals surface area contributed by atoms with Gasteiger partial charge in [0.2, 0.25) is 5.91 Å². The second-order valence-electron chi connectivity index (χ2n) is 5.34. The predicted molar refractivity (Wildman–Crippen MR) is 82.2 cm³/mol. The number of nitrogens with two attached hydrogens (primary N) is 1. The van der Waals surface area contributed by atoms with Crippen molar-refractivity contribution in [3.05, 3.63) is 42.0 Å². The van der Waals surface area contributed by atoms with Gasteiger partial charge in [0.05, 0.1) is 0 Å². The lowest BCUT2D eigenvalue weighted by atomic mass is 10.0. The number of hydrogen-bond acceptors (Lipinski definition) is 3. The highest BCUT2D eigenvalue weighted by Crippen LogP contribution is 2.30. The van der Waals surface area contributed by atoms with Crippen LogP contribution in [0.15, 0.2) is 36.4 Å². The third kappa shape index (κ3) is 2.23. The number of hydrogen-bond donors (Lipinski definition) is 1. The number of amides is 1. The van der Waals surface area contributed by atoms with Crippen LogP contribution < -0.4 is 10.6 Å². The van der Waals surface area contributed by atoms with Crippen LogP contribution in [0, 0.1) is 0 Å². The SMILES string of the molecule is CN1CCN(c2cccc3cccc(C(N)=O)c23)CC1. The number of primary amides is 1. The molecule has 0 aromatic heterocycles. The number of likely N-dealkylation sites (N-methyl/N-ethyl adjacent to an activating group) is 1. The Labute approximate surface area is 118 Å². The van der Waals surface area contributed by atoms with E-state index in [4.69, 9.17) is 5.73 Å². The van der Waals surface area contributed by atoms with E-state index in [2.05, 4.69) is 22.9 Å². The molecule has 2 aromatic carbocycles. The summed E-state index contributed by atoms with van der Waals surface area (Å²) < 4.78 is 0. The maximum absolute atomic E-state index is 11.7. The van der Waals surface area contributed by atoms with Gasteiger partial charge in [-0.1, -0.05) is 24.3 Å². The molecule has 1 saturated heterocycles. The fraction of sp³-hybridized carbons (Fsp3) is 0.312. The molecule has 1 aliphatic heterocycles. The van der Waals surface area contributed by atoms with Crippen molar-refractivity contribution in [2.45, 2.75) is 0 Å². The molecule has 4 heteroatoms. The summed E-state index contributed by atoms with van der Waals surface area (Å²) in [6.45, 7) is 4.02. The van der Waals surface area contributed by atoms with Gasteiger partial charge in [0.25, 0.3) is 0 Å². The second kappa shape index (κ2) is 5.13. The maximum atomic E-state index is 11.7. The molecule has 1 heterocycles. The lowest BCUT2D eigenvalue weighted by Gasteiger charge is -2.35. The highest BCUT2D eigenvalue weighted by Gasteiger charge is 2.18. The van der Waals surface area contributed by atoms with Crippen LogP contribution in [-0.4, -0.2) is 44.0 Å². The van der Waals surface area contributed by atoms with Crippen molar-refractivity contribution in [1.82, 2.24) is 4.90 Å². The zero-order chi connectivity index (χ0) is 14.1. The molecule has 0 spiro atoms. The third-order valence-electron chi connectivity index (χ3n) is 3.99. The Bertz CT molecular complexity index is 640. The van der Waals surface area contributed by atoms with E-state index in [0.717, 1.165) is 42.6 Å². The number of piperazine rings is 1. The van der Waals surface area contributed by atoms with Crippen LogP contribution in [0.25, 0.3) is 10.8 Å². The summed E-state index contributed by atoms with van der Waals surface area (Å²) in [5.74, 6) is -0.364. The number of fused-ring (bicyclic) bond motifs is 1. The Kier molecular flexibility index (Phi) is 3.32. The number of carbonyl (C=O) groups is 1. The number of benzene rings is 2. The first-order chi connectivity index (χ1) is 9.66. The van der Waals surface area contributed by atoms with Gasteiger partial charge in [0.15, 0.2) is 0 Å². The van der Waals surface area contributed by atoms with Gasteiger partial charge in [0.1, 0.15) is 0 Å². The number of nitrogens with zero attached hydrogens (tertiary/aromatic N) is 2. The highest BCUT2D eigenvalue weighted by molar-refractivity contribution is 6.11. The van der Waals surface area contributed by atoms with Crippen LogP contribution in [0.3, 0.4) is 0 Å². The van der Waals surface area contributed by atoms with Gasteiger partial charge in [-0.2, -0.15) is 0 Å². The molecule has 4 nitrogen and oxygen atoms in total. The van der Waals surface area contributed by atoms with Crippen molar-refractivity contribution in [3.63, 3.8) is 0 Å². The van der Waals surface area contributed by atoms with Gasteiger partial charge in [-0.3, -0.25) is 4.79 Å². The fourth-order valence-corrected chi connectivity index (χ4v) is 2.84. The molecule has 0 saturated carbocycles. The van der Waals surface area contributed by atoms with Crippen LogP contribution in [0.1, 0.15) is 10.4 Å². The molecule has 0 unspecified atom stereocenters. The smallest absolute Gasteiger partial charge is 0.249 e. The Morgan fingerprint density at radius 2 is 1.70 bits per heavy atom. The predicted octanol–water partition coefficient (Wildman–Crippen LogP) is 1.69. The molecule has 0 bridgehead atoms. The number of rotatable bonds is 2. The standard InChI is InChI=1S/C16H19N3O/c1-18-8-10-19(11-9-18)14-7-3-5-12-4-2-6-13(15(12)14)16(17)20/h2-7H,8-11H2,1H3,(H2,17,20). The van der Waals surface area contributed by atoms with Crippen molar-refractivity contribution >= 4 is 22.4 Å². The summed E-state index contributed by atoms with van der Waals surface area (Å²) in [5.41, 5.74) is 7.26. The lowest BCUT2D eigenvalue weighted by Crippen LogP contribution is -2.44. The minimum atomic E-state index is -0.364. The van der Waals surface area contributed by atoms with Crippen LogP contribution >= 0.6 is 0 Å².